The van der Waals surface area contributed by atoms with Crippen molar-refractivity contribution in [2.45, 2.75) is 12.5 Å². The molecule has 0 spiro atoms. The van der Waals surface area contributed by atoms with Crippen LogP contribution in [-0.4, -0.2) is 11.1 Å². The first kappa shape index (κ1) is 18.3. The van der Waals surface area contributed by atoms with Gasteiger partial charge in [-0.05, 0) is 52.6 Å². The van der Waals surface area contributed by atoms with Crippen LogP contribution in [0.2, 0.25) is 0 Å². The zero-order valence-electron chi connectivity index (χ0n) is 16.6. The van der Waals surface area contributed by atoms with Crippen LogP contribution in [-0.2, 0) is 10.4 Å². The van der Waals surface area contributed by atoms with E-state index in [-0.39, 0.29) is 0 Å². The lowest BCUT2D eigenvalue weighted by Gasteiger charge is -2.27. The highest BCUT2D eigenvalue weighted by atomic mass is 16.5. The van der Waals surface area contributed by atoms with Crippen molar-refractivity contribution in [3.8, 4) is 16.9 Å². The second-order valence-electron chi connectivity index (χ2n) is 7.70. The van der Waals surface area contributed by atoms with Crippen molar-refractivity contribution in [3.05, 3.63) is 114 Å². The summed E-state index contributed by atoms with van der Waals surface area (Å²) in [6.07, 6.45) is 0. The van der Waals surface area contributed by atoms with Crippen LogP contribution < -0.4 is 4.74 Å². The quantitative estimate of drug-likeness (QED) is 0.281. The second kappa shape index (κ2) is 6.68. The molecule has 1 aliphatic carbocycles. The number of aliphatic hydroxyl groups is 1. The van der Waals surface area contributed by atoms with E-state index in [1.165, 1.54) is 0 Å². The van der Waals surface area contributed by atoms with Crippen molar-refractivity contribution in [1.82, 2.24) is 0 Å². The van der Waals surface area contributed by atoms with Gasteiger partial charge in [-0.1, -0.05) is 73.3 Å². The topological polar surface area (TPSA) is 46.5 Å². The van der Waals surface area contributed by atoms with Gasteiger partial charge in [0.2, 0.25) is 0 Å². The minimum Gasteiger partial charge on any atom is -0.423 e. The fraction of sp³-hybridized carbons (Fsp3) is 0.0741. The number of benzene rings is 4. The summed E-state index contributed by atoms with van der Waals surface area (Å²) >= 11 is 0. The second-order valence-corrected chi connectivity index (χ2v) is 7.70. The van der Waals surface area contributed by atoms with E-state index in [0.717, 1.165) is 38.6 Å². The van der Waals surface area contributed by atoms with Crippen LogP contribution in [0.5, 0.6) is 5.75 Å². The molecule has 0 radical (unpaired) electrons. The molecule has 4 aromatic rings. The van der Waals surface area contributed by atoms with Crippen LogP contribution in [0.25, 0.3) is 21.9 Å². The maximum Gasteiger partial charge on any atom is 0.338 e. The molecule has 146 valence electrons. The lowest BCUT2D eigenvalue weighted by atomic mass is 9.83. The predicted octanol–water partition coefficient (Wildman–Crippen LogP) is 5.59. The summed E-state index contributed by atoms with van der Waals surface area (Å²) in [5.41, 5.74) is 3.82. The Morgan fingerprint density at radius 2 is 1.40 bits per heavy atom. The minimum absolute atomic E-state index is 0.353. The molecular formula is C27H20O3. The van der Waals surface area contributed by atoms with E-state index in [0.29, 0.717) is 11.3 Å². The molecule has 0 atom stereocenters. The molecule has 0 fully saturated rings. The maximum atomic E-state index is 12.0. The van der Waals surface area contributed by atoms with E-state index in [1.807, 2.05) is 66.7 Å². The maximum absolute atomic E-state index is 12.0. The Morgan fingerprint density at radius 3 is 2.03 bits per heavy atom. The number of esters is 1. The van der Waals surface area contributed by atoms with Crippen LogP contribution in [0.1, 0.15) is 23.6 Å². The smallest absolute Gasteiger partial charge is 0.338 e. The summed E-state index contributed by atoms with van der Waals surface area (Å²) < 4.78 is 5.34. The van der Waals surface area contributed by atoms with E-state index >= 15 is 0 Å². The van der Waals surface area contributed by atoms with Crippen molar-refractivity contribution < 1.29 is 14.6 Å². The summed E-state index contributed by atoms with van der Waals surface area (Å²) in [6, 6.07) is 27.3. The van der Waals surface area contributed by atoms with Crippen molar-refractivity contribution in [3.63, 3.8) is 0 Å². The third-order valence-corrected chi connectivity index (χ3v) is 5.71. The van der Waals surface area contributed by atoms with E-state index in [1.54, 1.807) is 13.0 Å². The average molecular weight is 392 g/mol. The number of carbonyl (C=O) groups excluding carboxylic acids is 1. The Hall–Kier alpha value is -3.69. The van der Waals surface area contributed by atoms with Gasteiger partial charge < -0.3 is 9.84 Å². The Kier molecular flexibility index (Phi) is 4.09. The first-order valence-corrected chi connectivity index (χ1v) is 9.82. The largest absolute Gasteiger partial charge is 0.423 e. The first-order valence-electron chi connectivity index (χ1n) is 9.82. The third kappa shape index (κ3) is 2.67. The predicted molar refractivity (Wildman–Crippen MR) is 118 cm³/mol. The van der Waals surface area contributed by atoms with Crippen LogP contribution in [0.4, 0.5) is 0 Å². The van der Waals surface area contributed by atoms with Crippen LogP contribution in [0.15, 0.2) is 97.1 Å². The molecule has 1 N–H and O–H groups in total. The molecule has 3 nitrogen and oxygen atoms in total. The monoisotopic (exact) mass is 392 g/mol. The molecule has 0 aliphatic heterocycles. The molecule has 0 saturated carbocycles. The van der Waals surface area contributed by atoms with E-state index in [4.69, 9.17) is 4.74 Å². The van der Waals surface area contributed by atoms with Gasteiger partial charge in [-0.2, -0.15) is 0 Å². The molecular weight excluding hydrogens is 372 g/mol. The lowest BCUT2D eigenvalue weighted by Crippen LogP contribution is -2.26. The normalized spacial score (nSPS) is 13.5. The van der Waals surface area contributed by atoms with E-state index in [2.05, 4.69) is 18.7 Å². The Labute approximate surface area is 174 Å². The molecule has 0 amide bonds. The highest BCUT2D eigenvalue weighted by molar-refractivity contribution is 5.91. The number of ether oxygens (including phenoxy) is 1. The highest BCUT2D eigenvalue weighted by Crippen LogP contribution is 2.51. The van der Waals surface area contributed by atoms with Gasteiger partial charge in [-0.15, -0.1) is 0 Å². The van der Waals surface area contributed by atoms with E-state index < -0.39 is 11.6 Å². The highest BCUT2D eigenvalue weighted by Gasteiger charge is 2.42. The van der Waals surface area contributed by atoms with Crippen LogP contribution in [0.3, 0.4) is 0 Å². The lowest BCUT2D eigenvalue weighted by molar-refractivity contribution is -0.130. The molecule has 0 heterocycles. The molecule has 1 aliphatic rings. The van der Waals surface area contributed by atoms with Gasteiger partial charge in [0.25, 0.3) is 0 Å². The molecule has 5 rings (SSSR count). The SMILES string of the molecule is C=C(C)C(=O)Oc1ccc2cc(C3(O)c4ccccc4-c4ccccc43)ccc2c1. The van der Waals surface area contributed by atoms with Gasteiger partial charge in [0, 0.05) is 16.7 Å². The summed E-state index contributed by atoms with van der Waals surface area (Å²) in [6.45, 7) is 5.23. The number of hydrogen-bond donors (Lipinski definition) is 1. The standard InChI is InChI=1S/C27H20O3/c1-17(2)26(28)30-21-14-12-18-15-20(13-11-19(18)16-21)27(29)24-9-5-3-7-22(24)23-8-4-6-10-25(23)27/h3-16,29H,1H2,2H3. The summed E-state index contributed by atoms with van der Waals surface area (Å²) in [4.78, 5) is 11.8. The number of fused-ring (bicyclic) bond motifs is 4. The van der Waals surface area contributed by atoms with Crippen LogP contribution >= 0.6 is 0 Å². The van der Waals surface area contributed by atoms with E-state index in [9.17, 15) is 9.90 Å². The average Bonchev–Trinajstić information content (AvgIpc) is 3.03. The van der Waals surface area contributed by atoms with Crippen molar-refractivity contribution in [2.24, 2.45) is 0 Å². The molecule has 0 unspecified atom stereocenters. The fourth-order valence-corrected chi connectivity index (χ4v) is 4.23. The third-order valence-electron chi connectivity index (χ3n) is 5.71. The number of hydrogen-bond acceptors (Lipinski definition) is 3. The van der Waals surface area contributed by atoms with Crippen LogP contribution in [0, 0.1) is 0 Å². The van der Waals surface area contributed by atoms with Gasteiger partial charge in [0.05, 0.1) is 0 Å². The Balaban J connectivity index is 1.63. The van der Waals surface area contributed by atoms with Gasteiger partial charge >= 0.3 is 5.97 Å². The van der Waals surface area contributed by atoms with Gasteiger partial charge in [-0.25, -0.2) is 4.79 Å². The van der Waals surface area contributed by atoms with Crippen molar-refractivity contribution >= 4 is 16.7 Å². The van der Waals surface area contributed by atoms with Crippen molar-refractivity contribution in [1.29, 1.82) is 0 Å². The molecule has 0 aromatic heterocycles. The van der Waals surface area contributed by atoms with Gasteiger partial charge in [0.15, 0.2) is 0 Å². The first-order chi connectivity index (χ1) is 14.5. The molecule has 0 saturated heterocycles. The summed E-state index contributed by atoms with van der Waals surface area (Å²) in [5, 5.41) is 13.9. The van der Waals surface area contributed by atoms with Crippen molar-refractivity contribution in [2.75, 3.05) is 0 Å². The molecule has 4 aromatic carbocycles. The molecule has 0 bridgehead atoms. The fourth-order valence-electron chi connectivity index (χ4n) is 4.23. The Morgan fingerprint density at radius 1 is 0.833 bits per heavy atom. The number of carbonyl (C=O) groups is 1. The number of rotatable bonds is 3. The summed E-state index contributed by atoms with van der Waals surface area (Å²) in [5.74, 6) is 0.0259. The zero-order valence-corrected chi connectivity index (χ0v) is 16.6. The molecule has 3 heteroatoms. The van der Waals surface area contributed by atoms with Gasteiger partial charge in [-0.3, -0.25) is 0 Å². The molecule has 30 heavy (non-hydrogen) atoms. The zero-order chi connectivity index (χ0) is 20.9. The Bertz CT molecular complexity index is 1290. The van der Waals surface area contributed by atoms with Gasteiger partial charge in [0.1, 0.15) is 11.4 Å². The summed E-state index contributed by atoms with van der Waals surface area (Å²) in [7, 11) is 0. The minimum atomic E-state index is -1.22.